The first-order valence-corrected chi connectivity index (χ1v) is 6.09. The lowest BCUT2D eigenvalue weighted by atomic mass is 10.1. The van der Waals surface area contributed by atoms with Crippen LogP contribution in [-0.4, -0.2) is 18.1 Å². The van der Waals surface area contributed by atoms with E-state index < -0.39 is 0 Å². The maximum absolute atomic E-state index is 6.20. The lowest BCUT2D eigenvalue weighted by molar-refractivity contribution is 0.587. The highest BCUT2D eigenvalue weighted by molar-refractivity contribution is 6.33. The summed E-state index contributed by atoms with van der Waals surface area (Å²) in [6, 6.07) is 2.37. The fourth-order valence-electron chi connectivity index (χ4n) is 1.85. The van der Waals surface area contributed by atoms with Crippen molar-refractivity contribution in [2.75, 3.05) is 11.9 Å². The zero-order chi connectivity index (χ0) is 12.1. The first-order chi connectivity index (χ1) is 7.63. The summed E-state index contributed by atoms with van der Waals surface area (Å²) in [5.74, 6) is 0.840. The van der Waals surface area contributed by atoms with Gasteiger partial charge < -0.3 is 10.6 Å². The van der Waals surface area contributed by atoms with Crippen LogP contribution in [0.1, 0.15) is 32.3 Å². The van der Waals surface area contributed by atoms with Gasteiger partial charge in [0.05, 0.1) is 5.02 Å². The molecule has 0 saturated carbocycles. The third-order valence-corrected chi connectivity index (χ3v) is 3.22. The monoisotopic (exact) mass is 241 g/mol. The van der Waals surface area contributed by atoms with E-state index in [9.17, 15) is 0 Å². The number of pyridine rings is 1. The summed E-state index contributed by atoms with van der Waals surface area (Å²) in [6.45, 7) is 4.82. The largest absolute Gasteiger partial charge is 0.355 e. The highest BCUT2D eigenvalue weighted by Crippen LogP contribution is 2.25. The molecule has 0 aliphatic carbocycles. The van der Waals surface area contributed by atoms with Crippen molar-refractivity contribution in [3.05, 3.63) is 22.8 Å². The number of halogens is 1. The lowest BCUT2D eigenvalue weighted by Crippen LogP contribution is -2.31. The van der Waals surface area contributed by atoms with E-state index in [2.05, 4.69) is 23.7 Å². The van der Waals surface area contributed by atoms with Gasteiger partial charge in [0, 0.05) is 25.8 Å². The van der Waals surface area contributed by atoms with Crippen LogP contribution in [0, 0.1) is 0 Å². The second kappa shape index (κ2) is 6.06. The molecule has 1 heterocycles. The minimum atomic E-state index is 0.474. The number of hydrogen-bond acceptors (Lipinski definition) is 3. The fourth-order valence-corrected chi connectivity index (χ4v) is 2.17. The van der Waals surface area contributed by atoms with Crippen molar-refractivity contribution < 1.29 is 0 Å². The summed E-state index contributed by atoms with van der Waals surface area (Å²) in [6.07, 6.45) is 3.97. The Labute approximate surface area is 103 Å². The third kappa shape index (κ3) is 2.86. The lowest BCUT2D eigenvalue weighted by Gasteiger charge is -2.28. The molecule has 2 N–H and O–H groups in total. The molecular weight excluding hydrogens is 222 g/mol. The van der Waals surface area contributed by atoms with Crippen LogP contribution in [0.25, 0.3) is 0 Å². The molecule has 0 saturated heterocycles. The second-order valence-electron chi connectivity index (χ2n) is 3.93. The Bertz CT molecular complexity index is 337. The van der Waals surface area contributed by atoms with E-state index in [0.717, 1.165) is 24.2 Å². The van der Waals surface area contributed by atoms with Gasteiger partial charge in [0.2, 0.25) is 0 Å². The third-order valence-electron chi connectivity index (χ3n) is 2.94. The summed E-state index contributed by atoms with van der Waals surface area (Å²) in [4.78, 5) is 6.52. The molecule has 0 aliphatic heterocycles. The van der Waals surface area contributed by atoms with E-state index in [0.29, 0.717) is 17.6 Å². The van der Waals surface area contributed by atoms with Crippen molar-refractivity contribution in [1.82, 2.24) is 4.98 Å². The number of rotatable bonds is 5. The van der Waals surface area contributed by atoms with Crippen LogP contribution in [0.5, 0.6) is 0 Å². The molecule has 0 fully saturated rings. The molecule has 0 unspecified atom stereocenters. The Hall–Kier alpha value is -0.800. The van der Waals surface area contributed by atoms with Gasteiger partial charge in [-0.05, 0) is 24.5 Å². The summed E-state index contributed by atoms with van der Waals surface area (Å²) >= 11 is 6.20. The standard InChI is InChI=1S/C12H20ClN3/c1-4-10(5-2)16(3)12-11(13)6-9(7-14)8-15-12/h6,8,10H,4-5,7,14H2,1-3H3. The predicted molar refractivity (Wildman–Crippen MR) is 69.9 cm³/mol. The zero-order valence-electron chi connectivity index (χ0n) is 10.2. The minimum absolute atomic E-state index is 0.474. The van der Waals surface area contributed by atoms with Gasteiger partial charge in [-0.25, -0.2) is 4.98 Å². The second-order valence-corrected chi connectivity index (χ2v) is 4.34. The average Bonchev–Trinajstić information content (AvgIpc) is 2.30. The Balaban J connectivity index is 2.95. The van der Waals surface area contributed by atoms with Crippen LogP contribution >= 0.6 is 11.6 Å². The molecule has 1 aromatic heterocycles. The van der Waals surface area contributed by atoms with Gasteiger partial charge >= 0.3 is 0 Å². The molecule has 0 bridgehead atoms. The van der Waals surface area contributed by atoms with E-state index in [-0.39, 0.29) is 0 Å². The van der Waals surface area contributed by atoms with Crippen LogP contribution in [0.4, 0.5) is 5.82 Å². The van der Waals surface area contributed by atoms with Crippen LogP contribution < -0.4 is 10.6 Å². The summed E-state index contributed by atoms with van der Waals surface area (Å²) in [5, 5.41) is 0.678. The molecule has 0 amide bonds. The Morgan fingerprint density at radius 1 is 1.44 bits per heavy atom. The highest BCUT2D eigenvalue weighted by Gasteiger charge is 2.15. The molecule has 3 nitrogen and oxygen atoms in total. The molecule has 0 spiro atoms. The normalized spacial score (nSPS) is 10.9. The maximum Gasteiger partial charge on any atom is 0.147 e. The van der Waals surface area contributed by atoms with E-state index in [4.69, 9.17) is 17.3 Å². The Kier molecular flexibility index (Phi) is 5.03. The molecular formula is C12H20ClN3. The average molecular weight is 242 g/mol. The van der Waals surface area contributed by atoms with Crippen LogP contribution in [0.2, 0.25) is 5.02 Å². The molecule has 16 heavy (non-hydrogen) atoms. The van der Waals surface area contributed by atoms with Gasteiger partial charge in [0.25, 0.3) is 0 Å². The predicted octanol–water partition coefficient (Wildman–Crippen LogP) is 2.82. The SMILES string of the molecule is CCC(CC)N(C)c1ncc(CN)cc1Cl. The number of hydrogen-bond donors (Lipinski definition) is 1. The Morgan fingerprint density at radius 2 is 2.06 bits per heavy atom. The van der Waals surface area contributed by atoms with Crippen molar-refractivity contribution in [3.8, 4) is 0 Å². The highest BCUT2D eigenvalue weighted by atomic mass is 35.5. The van der Waals surface area contributed by atoms with Crippen molar-refractivity contribution >= 4 is 17.4 Å². The molecule has 0 aliphatic rings. The molecule has 0 aromatic carbocycles. The first kappa shape index (κ1) is 13.3. The summed E-state index contributed by atoms with van der Waals surface area (Å²) in [5.41, 5.74) is 6.51. The molecule has 1 aromatic rings. The van der Waals surface area contributed by atoms with Crippen molar-refractivity contribution in [3.63, 3.8) is 0 Å². The topological polar surface area (TPSA) is 42.2 Å². The van der Waals surface area contributed by atoms with Gasteiger partial charge in [-0.15, -0.1) is 0 Å². The first-order valence-electron chi connectivity index (χ1n) is 5.71. The van der Waals surface area contributed by atoms with Gasteiger partial charge in [0.1, 0.15) is 5.82 Å². The van der Waals surface area contributed by atoms with Gasteiger partial charge in [-0.1, -0.05) is 25.4 Å². The molecule has 90 valence electrons. The van der Waals surface area contributed by atoms with Gasteiger partial charge in [0.15, 0.2) is 0 Å². The van der Waals surface area contributed by atoms with E-state index in [1.807, 2.05) is 13.1 Å². The molecule has 0 radical (unpaired) electrons. The summed E-state index contributed by atoms with van der Waals surface area (Å²) < 4.78 is 0. The number of aromatic nitrogens is 1. The minimum Gasteiger partial charge on any atom is -0.355 e. The quantitative estimate of drug-likeness (QED) is 0.862. The van der Waals surface area contributed by atoms with Crippen molar-refractivity contribution in [2.45, 2.75) is 39.3 Å². The van der Waals surface area contributed by atoms with Crippen molar-refractivity contribution in [2.24, 2.45) is 5.73 Å². The molecule has 0 atom stereocenters. The van der Waals surface area contributed by atoms with Crippen LogP contribution in [0.3, 0.4) is 0 Å². The number of nitrogens with two attached hydrogens (primary N) is 1. The van der Waals surface area contributed by atoms with Crippen LogP contribution in [-0.2, 0) is 6.54 Å². The number of anilines is 1. The van der Waals surface area contributed by atoms with E-state index in [1.165, 1.54) is 0 Å². The zero-order valence-corrected chi connectivity index (χ0v) is 11.0. The molecule has 4 heteroatoms. The summed E-state index contributed by atoms with van der Waals surface area (Å²) in [7, 11) is 2.04. The van der Waals surface area contributed by atoms with Crippen LogP contribution in [0.15, 0.2) is 12.3 Å². The number of nitrogens with zero attached hydrogens (tertiary/aromatic N) is 2. The van der Waals surface area contributed by atoms with Gasteiger partial charge in [-0.2, -0.15) is 0 Å². The smallest absolute Gasteiger partial charge is 0.147 e. The van der Waals surface area contributed by atoms with Gasteiger partial charge in [-0.3, -0.25) is 0 Å². The fraction of sp³-hybridized carbons (Fsp3) is 0.583. The molecule has 1 rings (SSSR count). The van der Waals surface area contributed by atoms with E-state index in [1.54, 1.807) is 6.20 Å². The van der Waals surface area contributed by atoms with Crippen molar-refractivity contribution in [1.29, 1.82) is 0 Å². The maximum atomic E-state index is 6.20. The Morgan fingerprint density at radius 3 is 2.50 bits per heavy atom. The van der Waals surface area contributed by atoms with E-state index >= 15 is 0 Å².